The Labute approximate surface area is 158 Å². The summed E-state index contributed by atoms with van der Waals surface area (Å²) in [6.07, 6.45) is 3.75. The molecular formula is C22H23NO2S. The van der Waals surface area contributed by atoms with Gasteiger partial charge in [-0.05, 0) is 36.8 Å². The molecular weight excluding hydrogens is 342 g/mol. The molecule has 0 atom stereocenters. The minimum atomic E-state index is 0.0854. The molecule has 3 nitrogen and oxygen atoms in total. The monoisotopic (exact) mass is 365 g/mol. The molecule has 0 aliphatic carbocycles. The number of carbonyl (C=O) groups excluding carboxylic acids is 2. The minimum Gasteiger partial charge on any atom is -0.339 e. The molecule has 0 unspecified atom stereocenters. The number of benzene rings is 2. The molecule has 0 radical (unpaired) electrons. The van der Waals surface area contributed by atoms with Gasteiger partial charge in [-0.1, -0.05) is 42.5 Å². The first-order valence-corrected chi connectivity index (χ1v) is 10.3. The van der Waals surface area contributed by atoms with Crippen molar-refractivity contribution in [3.05, 3.63) is 65.2 Å². The lowest BCUT2D eigenvalue weighted by molar-refractivity contribution is 0.0687. The van der Waals surface area contributed by atoms with Gasteiger partial charge < -0.3 is 4.90 Å². The van der Waals surface area contributed by atoms with Crippen LogP contribution in [0.25, 0.3) is 0 Å². The van der Waals surface area contributed by atoms with E-state index in [0.717, 1.165) is 48.6 Å². The molecule has 0 bridgehead atoms. The molecule has 1 amide bonds. The van der Waals surface area contributed by atoms with Gasteiger partial charge in [0.15, 0.2) is 5.78 Å². The van der Waals surface area contributed by atoms with Gasteiger partial charge in [-0.2, -0.15) is 0 Å². The summed E-state index contributed by atoms with van der Waals surface area (Å²) in [6.45, 7) is 1.61. The Morgan fingerprint density at radius 1 is 1.04 bits per heavy atom. The maximum atomic E-state index is 13.0. The van der Waals surface area contributed by atoms with E-state index in [4.69, 9.17) is 0 Å². The van der Waals surface area contributed by atoms with Gasteiger partial charge in [0.25, 0.3) is 5.91 Å². The standard InChI is InChI=1S/C22H23NO2S/c24-20-11-14-26-21-18(20)7-4-8-19(21)22(25)23-12-9-17(10-13-23)15-16-5-2-1-3-6-16/h1-8,17H,9-15H2. The Balaban J connectivity index is 1.43. The number of nitrogens with zero attached hydrogens (tertiary/aromatic N) is 1. The van der Waals surface area contributed by atoms with Gasteiger partial charge in [0.1, 0.15) is 0 Å². The summed E-state index contributed by atoms with van der Waals surface area (Å²) in [5.74, 6) is 1.66. The lowest BCUT2D eigenvalue weighted by Crippen LogP contribution is -2.39. The number of likely N-dealkylation sites (tertiary alicyclic amines) is 1. The van der Waals surface area contributed by atoms with E-state index in [1.165, 1.54) is 5.56 Å². The van der Waals surface area contributed by atoms with Crippen molar-refractivity contribution in [2.45, 2.75) is 30.6 Å². The van der Waals surface area contributed by atoms with E-state index in [2.05, 4.69) is 24.3 Å². The molecule has 0 saturated carbocycles. The van der Waals surface area contributed by atoms with Crippen LogP contribution in [0.3, 0.4) is 0 Å². The Kier molecular flexibility index (Phi) is 5.11. The smallest absolute Gasteiger partial charge is 0.255 e. The summed E-state index contributed by atoms with van der Waals surface area (Å²) in [7, 11) is 0. The van der Waals surface area contributed by atoms with Gasteiger partial charge in [-0.15, -0.1) is 11.8 Å². The largest absolute Gasteiger partial charge is 0.339 e. The minimum absolute atomic E-state index is 0.0854. The van der Waals surface area contributed by atoms with Gasteiger partial charge in [0.2, 0.25) is 0 Å². The van der Waals surface area contributed by atoms with Gasteiger partial charge in [0.05, 0.1) is 5.56 Å². The molecule has 4 heteroatoms. The SMILES string of the molecule is O=C1CCSc2c1cccc2C(=O)N1CCC(Cc2ccccc2)CC1. The lowest BCUT2D eigenvalue weighted by Gasteiger charge is -2.33. The summed E-state index contributed by atoms with van der Waals surface area (Å²) < 4.78 is 0. The van der Waals surface area contributed by atoms with E-state index in [-0.39, 0.29) is 11.7 Å². The van der Waals surface area contributed by atoms with Gasteiger partial charge in [-0.3, -0.25) is 9.59 Å². The molecule has 0 N–H and O–H groups in total. The third kappa shape index (κ3) is 3.56. The first kappa shape index (κ1) is 17.3. The topological polar surface area (TPSA) is 37.4 Å². The number of carbonyl (C=O) groups is 2. The summed E-state index contributed by atoms with van der Waals surface area (Å²) in [5, 5.41) is 0. The highest BCUT2D eigenvalue weighted by Gasteiger charge is 2.28. The average molecular weight is 365 g/mol. The van der Waals surface area contributed by atoms with Gasteiger partial charge in [0, 0.05) is 35.7 Å². The predicted molar refractivity (Wildman–Crippen MR) is 105 cm³/mol. The molecule has 2 aromatic carbocycles. The number of hydrogen-bond acceptors (Lipinski definition) is 3. The van der Waals surface area contributed by atoms with E-state index in [0.29, 0.717) is 17.9 Å². The molecule has 2 aliphatic heterocycles. The van der Waals surface area contributed by atoms with Crippen molar-refractivity contribution in [3.8, 4) is 0 Å². The number of ketones is 1. The number of rotatable bonds is 3. The average Bonchev–Trinajstić information content (AvgIpc) is 2.69. The molecule has 2 heterocycles. The highest BCUT2D eigenvalue weighted by molar-refractivity contribution is 7.99. The van der Waals surface area contributed by atoms with Crippen LogP contribution < -0.4 is 0 Å². The van der Waals surface area contributed by atoms with Crippen LogP contribution in [-0.2, 0) is 6.42 Å². The number of thioether (sulfide) groups is 1. The third-order valence-corrected chi connectivity index (χ3v) is 6.53. The van der Waals surface area contributed by atoms with Crippen LogP contribution in [0, 0.1) is 5.92 Å². The zero-order chi connectivity index (χ0) is 17.9. The number of hydrogen-bond donors (Lipinski definition) is 0. The zero-order valence-corrected chi connectivity index (χ0v) is 15.6. The molecule has 134 valence electrons. The second-order valence-corrected chi connectivity index (χ2v) is 8.23. The Hall–Kier alpha value is -2.07. The molecule has 2 aromatic rings. The van der Waals surface area contributed by atoms with E-state index < -0.39 is 0 Å². The van der Waals surface area contributed by atoms with Crippen molar-refractivity contribution >= 4 is 23.5 Å². The van der Waals surface area contributed by atoms with E-state index >= 15 is 0 Å². The summed E-state index contributed by atoms with van der Waals surface area (Å²) >= 11 is 1.65. The Bertz CT molecular complexity index is 810. The predicted octanol–water partition coefficient (Wildman–Crippen LogP) is 4.46. The van der Waals surface area contributed by atoms with Crippen molar-refractivity contribution in [1.29, 1.82) is 0 Å². The maximum absolute atomic E-state index is 13.0. The Morgan fingerprint density at radius 2 is 1.81 bits per heavy atom. The number of piperidine rings is 1. The maximum Gasteiger partial charge on any atom is 0.255 e. The fraction of sp³-hybridized carbons (Fsp3) is 0.364. The second-order valence-electron chi connectivity index (χ2n) is 7.13. The normalized spacial score (nSPS) is 17.8. The van der Waals surface area contributed by atoms with Crippen molar-refractivity contribution in [2.75, 3.05) is 18.8 Å². The lowest BCUT2D eigenvalue weighted by atomic mass is 9.90. The van der Waals surface area contributed by atoms with E-state index in [9.17, 15) is 9.59 Å². The fourth-order valence-corrected chi connectivity index (χ4v) is 5.06. The van der Waals surface area contributed by atoms with Crippen LogP contribution in [0.15, 0.2) is 53.4 Å². The molecule has 1 saturated heterocycles. The van der Waals surface area contributed by atoms with Crippen LogP contribution in [0.2, 0.25) is 0 Å². The van der Waals surface area contributed by atoms with Crippen molar-refractivity contribution < 1.29 is 9.59 Å². The highest BCUT2D eigenvalue weighted by atomic mass is 32.2. The first-order valence-electron chi connectivity index (χ1n) is 9.34. The zero-order valence-electron chi connectivity index (χ0n) is 14.8. The van der Waals surface area contributed by atoms with Crippen LogP contribution >= 0.6 is 11.8 Å². The van der Waals surface area contributed by atoms with Crippen LogP contribution in [0.4, 0.5) is 0 Å². The fourth-order valence-electron chi connectivity index (χ4n) is 3.92. The molecule has 4 rings (SSSR count). The van der Waals surface area contributed by atoms with E-state index in [1.54, 1.807) is 11.8 Å². The summed E-state index contributed by atoms with van der Waals surface area (Å²) in [4.78, 5) is 28.0. The number of Topliss-reactive ketones (excluding diaryl/α,β-unsaturated/α-hetero) is 1. The van der Waals surface area contributed by atoms with Crippen LogP contribution in [-0.4, -0.2) is 35.4 Å². The molecule has 0 spiro atoms. The van der Waals surface area contributed by atoms with Crippen LogP contribution in [0.5, 0.6) is 0 Å². The number of fused-ring (bicyclic) bond motifs is 1. The summed E-state index contributed by atoms with van der Waals surface area (Å²) in [6, 6.07) is 16.2. The molecule has 1 fully saturated rings. The van der Waals surface area contributed by atoms with Gasteiger partial charge >= 0.3 is 0 Å². The highest BCUT2D eigenvalue weighted by Crippen LogP contribution is 2.34. The third-order valence-electron chi connectivity index (χ3n) is 5.39. The van der Waals surface area contributed by atoms with Crippen molar-refractivity contribution in [2.24, 2.45) is 5.92 Å². The molecule has 26 heavy (non-hydrogen) atoms. The van der Waals surface area contributed by atoms with Crippen molar-refractivity contribution in [1.82, 2.24) is 4.90 Å². The van der Waals surface area contributed by atoms with Crippen LogP contribution in [0.1, 0.15) is 45.5 Å². The summed E-state index contributed by atoms with van der Waals surface area (Å²) in [5.41, 5.74) is 2.82. The first-order chi connectivity index (χ1) is 12.7. The molecule has 0 aromatic heterocycles. The second kappa shape index (κ2) is 7.67. The van der Waals surface area contributed by atoms with E-state index in [1.807, 2.05) is 29.2 Å². The number of amides is 1. The molecule has 2 aliphatic rings. The van der Waals surface area contributed by atoms with Gasteiger partial charge in [-0.25, -0.2) is 0 Å². The quantitative estimate of drug-likeness (QED) is 0.806. The van der Waals surface area contributed by atoms with Crippen molar-refractivity contribution in [3.63, 3.8) is 0 Å². The Morgan fingerprint density at radius 3 is 2.58 bits per heavy atom.